The number of nitrogens with one attached hydrogen (secondary N) is 1. The van der Waals surface area contributed by atoms with E-state index in [1.165, 1.54) is 6.26 Å². The normalized spacial score (nSPS) is 10.2. The van der Waals surface area contributed by atoms with Crippen LogP contribution < -0.4 is 14.8 Å². The smallest absolute Gasteiger partial charge is 0.254 e. The molecule has 0 radical (unpaired) electrons. The molecular formula is C16H19NO4. The van der Waals surface area contributed by atoms with E-state index in [4.69, 9.17) is 13.9 Å². The zero-order chi connectivity index (χ0) is 15.2. The van der Waals surface area contributed by atoms with Gasteiger partial charge < -0.3 is 19.2 Å². The number of carbonyl (C=O) groups excluding carboxylic acids is 1. The van der Waals surface area contributed by atoms with Gasteiger partial charge in [-0.05, 0) is 43.2 Å². The molecule has 5 heteroatoms. The van der Waals surface area contributed by atoms with Gasteiger partial charge in [-0.2, -0.15) is 0 Å². The van der Waals surface area contributed by atoms with Crippen molar-refractivity contribution in [2.45, 2.75) is 13.3 Å². The van der Waals surface area contributed by atoms with Crippen LogP contribution in [0.15, 0.2) is 34.9 Å². The van der Waals surface area contributed by atoms with Crippen molar-refractivity contribution in [2.24, 2.45) is 0 Å². The minimum atomic E-state index is -0.136. The van der Waals surface area contributed by atoms with Crippen LogP contribution in [0.1, 0.15) is 21.7 Å². The predicted octanol–water partition coefficient (Wildman–Crippen LogP) is 2.58. The Labute approximate surface area is 123 Å². The number of methoxy groups -OCH3 is 2. The van der Waals surface area contributed by atoms with E-state index in [9.17, 15) is 4.79 Å². The lowest BCUT2D eigenvalue weighted by molar-refractivity contribution is 0.0952. The van der Waals surface area contributed by atoms with E-state index in [-0.39, 0.29) is 5.91 Å². The number of carbonyl (C=O) groups is 1. The number of aryl methyl sites for hydroxylation is 1. The molecule has 21 heavy (non-hydrogen) atoms. The van der Waals surface area contributed by atoms with E-state index < -0.39 is 0 Å². The Morgan fingerprint density at radius 1 is 1.24 bits per heavy atom. The Morgan fingerprint density at radius 2 is 2.05 bits per heavy atom. The first-order valence-corrected chi connectivity index (χ1v) is 6.69. The number of ether oxygens (including phenoxy) is 2. The van der Waals surface area contributed by atoms with Gasteiger partial charge >= 0.3 is 0 Å². The number of furan rings is 1. The van der Waals surface area contributed by atoms with Crippen molar-refractivity contribution in [2.75, 3.05) is 20.8 Å². The molecule has 1 aromatic heterocycles. The monoisotopic (exact) mass is 289 g/mol. The Hall–Kier alpha value is -2.43. The van der Waals surface area contributed by atoms with Crippen molar-refractivity contribution in [1.82, 2.24) is 5.32 Å². The third-order valence-corrected chi connectivity index (χ3v) is 3.27. The summed E-state index contributed by atoms with van der Waals surface area (Å²) < 4.78 is 15.6. The standard InChI is InChI=1S/C16H19NO4/c1-11-14(7-9-21-11)16(18)17-8-6-12-10-13(19-2)4-5-15(12)20-3/h4-5,7,9-10H,6,8H2,1-3H3,(H,17,18). The molecule has 0 saturated carbocycles. The average molecular weight is 289 g/mol. The van der Waals surface area contributed by atoms with Gasteiger partial charge in [0, 0.05) is 6.54 Å². The molecule has 1 N–H and O–H groups in total. The number of amides is 1. The lowest BCUT2D eigenvalue weighted by atomic mass is 10.1. The van der Waals surface area contributed by atoms with E-state index in [0.717, 1.165) is 17.1 Å². The summed E-state index contributed by atoms with van der Waals surface area (Å²) in [6.45, 7) is 2.27. The third-order valence-electron chi connectivity index (χ3n) is 3.27. The van der Waals surface area contributed by atoms with Crippen molar-refractivity contribution in [1.29, 1.82) is 0 Å². The van der Waals surface area contributed by atoms with Crippen molar-refractivity contribution in [3.63, 3.8) is 0 Å². The maximum absolute atomic E-state index is 12.0. The highest BCUT2D eigenvalue weighted by molar-refractivity contribution is 5.95. The minimum Gasteiger partial charge on any atom is -0.497 e. The number of hydrogen-bond donors (Lipinski definition) is 1. The lowest BCUT2D eigenvalue weighted by Gasteiger charge is -2.11. The summed E-state index contributed by atoms with van der Waals surface area (Å²) in [5, 5.41) is 2.87. The highest BCUT2D eigenvalue weighted by Crippen LogP contribution is 2.24. The molecule has 0 aliphatic heterocycles. The van der Waals surface area contributed by atoms with E-state index in [1.54, 1.807) is 27.2 Å². The van der Waals surface area contributed by atoms with Crippen LogP contribution in [0.2, 0.25) is 0 Å². The van der Waals surface area contributed by atoms with Crippen LogP contribution in [0.5, 0.6) is 11.5 Å². The molecule has 0 aliphatic rings. The summed E-state index contributed by atoms with van der Waals surface area (Å²) in [5.41, 5.74) is 1.55. The quantitative estimate of drug-likeness (QED) is 0.888. The fraction of sp³-hybridized carbons (Fsp3) is 0.312. The fourth-order valence-electron chi connectivity index (χ4n) is 2.10. The zero-order valence-electron chi connectivity index (χ0n) is 12.4. The molecule has 0 fully saturated rings. The first kappa shape index (κ1) is 15.0. The molecule has 5 nitrogen and oxygen atoms in total. The molecule has 0 aliphatic carbocycles. The number of hydrogen-bond acceptors (Lipinski definition) is 4. The molecule has 1 aromatic carbocycles. The summed E-state index contributed by atoms with van der Waals surface area (Å²) in [6.07, 6.45) is 2.17. The maximum atomic E-state index is 12.0. The van der Waals surface area contributed by atoms with Gasteiger partial charge in [-0.25, -0.2) is 0 Å². The molecule has 1 amide bonds. The highest BCUT2D eigenvalue weighted by atomic mass is 16.5. The molecular weight excluding hydrogens is 270 g/mol. The van der Waals surface area contributed by atoms with Gasteiger partial charge in [-0.15, -0.1) is 0 Å². The fourth-order valence-corrected chi connectivity index (χ4v) is 2.10. The van der Waals surface area contributed by atoms with Gasteiger partial charge in [0.05, 0.1) is 26.0 Å². The van der Waals surface area contributed by atoms with E-state index in [1.807, 2.05) is 18.2 Å². The Kier molecular flexibility index (Phi) is 4.87. The topological polar surface area (TPSA) is 60.7 Å². The van der Waals surface area contributed by atoms with Gasteiger partial charge in [-0.1, -0.05) is 0 Å². The minimum absolute atomic E-state index is 0.136. The van der Waals surface area contributed by atoms with Gasteiger partial charge in [0.2, 0.25) is 0 Å². The van der Waals surface area contributed by atoms with Crippen LogP contribution in [0.4, 0.5) is 0 Å². The molecule has 0 atom stereocenters. The molecule has 1 heterocycles. The second kappa shape index (κ2) is 6.83. The van der Waals surface area contributed by atoms with Crippen molar-refractivity contribution < 1.29 is 18.7 Å². The molecule has 0 saturated heterocycles. The summed E-state index contributed by atoms with van der Waals surface area (Å²) in [5.74, 6) is 2.03. The van der Waals surface area contributed by atoms with E-state index >= 15 is 0 Å². The number of benzene rings is 1. The zero-order valence-corrected chi connectivity index (χ0v) is 12.4. The largest absolute Gasteiger partial charge is 0.497 e. The van der Waals surface area contributed by atoms with Crippen LogP contribution in [-0.2, 0) is 6.42 Å². The molecule has 2 aromatic rings. The van der Waals surface area contributed by atoms with E-state index in [0.29, 0.717) is 24.3 Å². The highest BCUT2D eigenvalue weighted by Gasteiger charge is 2.11. The molecule has 0 spiro atoms. The van der Waals surface area contributed by atoms with Crippen LogP contribution in [0.3, 0.4) is 0 Å². The summed E-state index contributed by atoms with van der Waals surface area (Å²) in [7, 11) is 3.24. The Bertz CT molecular complexity index is 618. The average Bonchev–Trinajstić information content (AvgIpc) is 2.93. The summed E-state index contributed by atoms with van der Waals surface area (Å²) in [6, 6.07) is 7.27. The molecule has 0 unspecified atom stereocenters. The summed E-state index contributed by atoms with van der Waals surface area (Å²) >= 11 is 0. The van der Waals surface area contributed by atoms with Crippen molar-refractivity contribution in [3.8, 4) is 11.5 Å². The third kappa shape index (κ3) is 3.56. The molecule has 112 valence electrons. The van der Waals surface area contributed by atoms with Gasteiger partial charge in [-0.3, -0.25) is 4.79 Å². The van der Waals surface area contributed by atoms with Crippen LogP contribution in [0.25, 0.3) is 0 Å². The second-order valence-corrected chi connectivity index (χ2v) is 4.57. The maximum Gasteiger partial charge on any atom is 0.254 e. The first-order valence-electron chi connectivity index (χ1n) is 6.69. The van der Waals surface area contributed by atoms with Gasteiger partial charge in [0.25, 0.3) is 5.91 Å². The number of rotatable bonds is 6. The Morgan fingerprint density at radius 3 is 2.67 bits per heavy atom. The van der Waals surface area contributed by atoms with E-state index in [2.05, 4.69) is 5.32 Å². The van der Waals surface area contributed by atoms with Crippen LogP contribution >= 0.6 is 0 Å². The van der Waals surface area contributed by atoms with Gasteiger partial charge in [0.1, 0.15) is 17.3 Å². The molecule has 2 rings (SSSR count). The van der Waals surface area contributed by atoms with Crippen molar-refractivity contribution >= 4 is 5.91 Å². The Balaban J connectivity index is 1.97. The SMILES string of the molecule is COc1ccc(OC)c(CCNC(=O)c2ccoc2C)c1. The van der Waals surface area contributed by atoms with Crippen LogP contribution in [-0.4, -0.2) is 26.7 Å². The second-order valence-electron chi connectivity index (χ2n) is 4.57. The van der Waals surface area contributed by atoms with Gasteiger partial charge in [0.15, 0.2) is 0 Å². The van der Waals surface area contributed by atoms with Crippen molar-refractivity contribution in [3.05, 3.63) is 47.4 Å². The predicted molar refractivity (Wildman–Crippen MR) is 79.0 cm³/mol. The van der Waals surface area contributed by atoms with Crippen LogP contribution in [0, 0.1) is 6.92 Å². The summed E-state index contributed by atoms with van der Waals surface area (Å²) in [4.78, 5) is 12.0. The first-order chi connectivity index (χ1) is 10.2. The lowest BCUT2D eigenvalue weighted by Crippen LogP contribution is -2.25. The molecule has 0 bridgehead atoms.